The number of ether oxygens (including phenoxy) is 2. The van der Waals surface area contributed by atoms with Gasteiger partial charge in [-0.2, -0.15) is 0 Å². The van der Waals surface area contributed by atoms with Crippen molar-refractivity contribution < 1.29 is 19.1 Å². The molecular weight excluding hydrogens is 344 g/mol. The Morgan fingerprint density at radius 1 is 1.00 bits per heavy atom. The average molecular weight is 361 g/mol. The summed E-state index contributed by atoms with van der Waals surface area (Å²) in [5.74, 6) is 0.289. The van der Waals surface area contributed by atoms with Crippen molar-refractivity contribution in [1.82, 2.24) is 10.9 Å². The van der Waals surface area contributed by atoms with Crippen molar-refractivity contribution in [2.75, 3.05) is 13.7 Å². The number of nitrogens with one attached hydrogen (secondary N) is 2. The highest BCUT2D eigenvalue weighted by Crippen LogP contribution is 2.15. The molecule has 7 heteroatoms. The van der Waals surface area contributed by atoms with E-state index < -0.39 is 11.8 Å². The summed E-state index contributed by atoms with van der Waals surface area (Å²) in [6.07, 6.45) is 2.92. The molecule has 6 nitrogen and oxygen atoms in total. The van der Waals surface area contributed by atoms with Crippen LogP contribution >= 0.6 is 11.6 Å². The monoisotopic (exact) mass is 360 g/mol. The number of halogens is 1. The third-order valence-electron chi connectivity index (χ3n) is 3.05. The molecule has 0 aromatic heterocycles. The number of methoxy groups -OCH3 is 1. The molecule has 2 aromatic carbocycles. The van der Waals surface area contributed by atoms with E-state index in [1.54, 1.807) is 61.7 Å². The minimum absolute atomic E-state index is 0.232. The van der Waals surface area contributed by atoms with Gasteiger partial charge < -0.3 is 9.47 Å². The average Bonchev–Trinajstić information content (AvgIpc) is 2.64. The van der Waals surface area contributed by atoms with Gasteiger partial charge in [0, 0.05) is 11.1 Å². The molecule has 0 heterocycles. The summed E-state index contributed by atoms with van der Waals surface area (Å²) < 4.78 is 10.3. The van der Waals surface area contributed by atoms with Gasteiger partial charge in [0.1, 0.15) is 11.5 Å². The Kier molecular flexibility index (Phi) is 6.86. The molecule has 2 N–H and O–H groups in total. The van der Waals surface area contributed by atoms with Crippen LogP contribution in [0.15, 0.2) is 54.6 Å². The Labute approximate surface area is 150 Å². The van der Waals surface area contributed by atoms with Gasteiger partial charge in [-0.15, -0.1) is 0 Å². The fourth-order valence-corrected chi connectivity index (χ4v) is 1.90. The SMILES string of the molecule is COc1ccc(/C=C/C(=O)NNC(=O)COc2ccc(Cl)cc2)cc1. The van der Waals surface area contributed by atoms with Crippen LogP contribution in [0.1, 0.15) is 5.56 Å². The molecule has 0 unspecified atom stereocenters. The van der Waals surface area contributed by atoms with E-state index in [0.29, 0.717) is 10.8 Å². The predicted molar refractivity (Wildman–Crippen MR) is 95.3 cm³/mol. The van der Waals surface area contributed by atoms with Crippen molar-refractivity contribution in [2.24, 2.45) is 0 Å². The van der Waals surface area contributed by atoms with Gasteiger partial charge in [0.2, 0.25) is 0 Å². The predicted octanol–water partition coefficient (Wildman–Crippen LogP) is 2.59. The maximum Gasteiger partial charge on any atom is 0.276 e. The van der Waals surface area contributed by atoms with Crippen LogP contribution < -0.4 is 20.3 Å². The van der Waals surface area contributed by atoms with Gasteiger partial charge in [-0.1, -0.05) is 23.7 Å². The molecule has 0 atom stereocenters. The van der Waals surface area contributed by atoms with Gasteiger partial charge in [-0.3, -0.25) is 20.4 Å². The fourth-order valence-electron chi connectivity index (χ4n) is 1.78. The molecule has 0 fully saturated rings. The molecule has 0 saturated carbocycles. The van der Waals surface area contributed by atoms with E-state index in [0.717, 1.165) is 11.3 Å². The largest absolute Gasteiger partial charge is 0.497 e. The van der Waals surface area contributed by atoms with Crippen molar-refractivity contribution in [3.05, 3.63) is 65.2 Å². The van der Waals surface area contributed by atoms with Crippen LogP contribution in [-0.4, -0.2) is 25.5 Å². The second kappa shape index (κ2) is 9.34. The lowest BCUT2D eigenvalue weighted by atomic mass is 10.2. The van der Waals surface area contributed by atoms with E-state index in [2.05, 4.69) is 10.9 Å². The Balaban J connectivity index is 1.72. The number of hydrogen-bond donors (Lipinski definition) is 2. The molecule has 2 amide bonds. The maximum atomic E-state index is 11.7. The van der Waals surface area contributed by atoms with Crippen LogP contribution in [0.4, 0.5) is 0 Å². The first kappa shape index (κ1) is 18.4. The summed E-state index contributed by atoms with van der Waals surface area (Å²) >= 11 is 5.75. The summed E-state index contributed by atoms with van der Waals surface area (Å²) in [6.45, 7) is -0.232. The molecule has 0 aliphatic carbocycles. The maximum absolute atomic E-state index is 11.7. The summed E-state index contributed by atoms with van der Waals surface area (Å²) in [4.78, 5) is 23.3. The van der Waals surface area contributed by atoms with E-state index in [1.165, 1.54) is 6.08 Å². The third-order valence-corrected chi connectivity index (χ3v) is 3.30. The van der Waals surface area contributed by atoms with Crippen LogP contribution in [0, 0.1) is 0 Å². The first-order valence-electron chi connectivity index (χ1n) is 7.36. The van der Waals surface area contributed by atoms with E-state index >= 15 is 0 Å². The second-order valence-electron chi connectivity index (χ2n) is 4.89. The normalized spacial score (nSPS) is 10.3. The number of benzene rings is 2. The minimum atomic E-state index is -0.485. The molecule has 0 saturated heterocycles. The highest BCUT2D eigenvalue weighted by atomic mass is 35.5. The zero-order chi connectivity index (χ0) is 18.1. The first-order chi connectivity index (χ1) is 12.1. The topological polar surface area (TPSA) is 76.7 Å². The second-order valence-corrected chi connectivity index (χ2v) is 5.32. The molecule has 2 rings (SSSR count). The standard InChI is InChI=1S/C18H17ClN2O4/c1-24-15-7-2-13(3-8-15)4-11-17(22)20-21-18(23)12-25-16-9-5-14(19)6-10-16/h2-11H,12H2,1H3,(H,20,22)(H,21,23)/b11-4+. The number of amides is 2. The molecule has 0 bridgehead atoms. The van der Waals surface area contributed by atoms with Crippen molar-refractivity contribution in [1.29, 1.82) is 0 Å². The Morgan fingerprint density at radius 2 is 1.64 bits per heavy atom. The van der Waals surface area contributed by atoms with Crippen LogP contribution in [0.3, 0.4) is 0 Å². The molecular formula is C18H17ClN2O4. The molecule has 0 aliphatic rings. The lowest BCUT2D eigenvalue weighted by Crippen LogP contribution is -2.43. The van der Waals surface area contributed by atoms with Gasteiger partial charge in [-0.25, -0.2) is 0 Å². The van der Waals surface area contributed by atoms with E-state index in [9.17, 15) is 9.59 Å². The van der Waals surface area contributed by atoms with Gasteiger partial charge in [-0.05, 0) is 48.0 Å². The Morgan fingerprint density at radius 3 is 2.28 bits per heavy atom. The van der Waals surface area contributed by atoms with E-state index in [1.807, 2.05) is 0 Å². The smallest absolute Gasteiger partial charge is 0.276 e. The highest BCUT2D eigenvalue weighted by Gasteiger charge is 2.04. The van der Waals surface area contributed by atoms with E-state index in [4.69, 9.17) is 21.1 Å². The fraction of sp³-hybridized carbons (Fsp3) is 0.111. The molecule has 0 aliphatic heterocycles. The Bertz CT molecular complexity index is 743. The summed E-state index contributed by atoms with van der Waals surface area (Å²) in [5.41, 5.74) is 5.35. The molecule has 0 spiro atoms. The van der Waals surface area contributed by atoms with E-state index in [-0.39, 0.29) is 6.61 Å². The van der Waals surface area contributed by atoms with Gasteiger partial charge in [0.05, 0.1) is 7.11 Å². The van der Waals surface area contributed by atoms with Gasteiger partial charge in [0.25, 0.3) is 11.8 Å². The number of rotatable bonds is 6. The number of carbonyl (C=O) groups excluding carboxylic acids is 2. The molecule has 0 radical (unpaired) electrons. The van der Waals surface area contributed by atoms with Gasteiger partial charge >= 0.3 is 0 Å². The first-order valence-corrected chi connectivity index (χ1v) is 7.74. The number of hydrogen-bond acceptors (Lipinski definition) is 4. The van der Waals surface area contributed by atoms with Crippen LogP contribution in [0.25, 0.3) is 6.08 Å². The van der Waals surface area contributed by atoms with Crippen molar-refractivity contribution in [2.45, 2.75) is 0 Å². The van der Waals surface area contributed by atoms with Crippen molar-refractivity contribution in [3.63, 3.8) is 0 Å². The number of hydrazine groups is 1. The van der Waals surface area contributed by atoms with Gasteiger partial charge in [0.15, 0.2) is 6.61 Å². The number of carbonyl (C=O) groups is 2. The van der Waals surface area contributed by atoms with Crippen molar-refractivity contribution >= 4 is 29.5 Å². The third kappa shape index (κ3) is 6.56. The quantitative estimate of drug-likeness (QED) is 0.613. The minimum Gasteiger partial charge on any atom is -0.497 e. The molecule has 2 aromatic rings. The van der Waals surface area contributed by atoms with Crippen LogP contribution in [0.2, 0.25) is 5.02 Å². The van der Waals surface area contributed by atoms with Crippen LogP contribution in [-0.2, 0) is 9.59 Å². The summed E-state index contributed by atoms with van der Waals surface area (Å²) in [6, 6.07) is 13.8. The molecule has 130 valence electrons. The summed E-state index contributed by atoms with van der Waals surface area (Å²) in [5, 5.41) is 0.577. The van der Waals surface area contributed by atoms with Crippen molar-refractivity contribution in [3.8, 4) is 11.5 Å². The lowest BCUT2D eigenvalue weighted by molar-refractivity contribution is -0.128. The molecule has 25 heavy (non-hydrogen) atoms. The Hall–Kier alpha value is -2.99. The zero-order valence-corrected chi connectivity index (χ0v) is 14.2. The summed E-state index contributed by atoms with van der Waals surface area (Å²) in [7, 11) is 1.58. The lowest BCUT2D eigenvalue weighted by Gasteiger charge is -2.07. The highest BCUT2D eigenvalue weighted by molar-refractivity contribution is 6.30. The zero-order valence-electron chi connectivity index (χ0n) is 13.5. The van der Waals surface area contributed by atoms with Crippen LogP contribution in [0.5, 0.6) is 11.5 Å².